The van der Waals surface area contributed by atoms with Gasteiger partial charge in [-0.05, 0) is 29.8 Å². The summed E-state index contributed by atoms with van der Waals surface area (Å²) in [6, 6.07) is 9.99. The van der Waals surface area contributed by atoms with E-state index in [0.717, 1.165) is 5.56 Å². The van der Waals surface area contributed by atoms with Crippen LogP contribution in [0.15, 0.2) is 42.5 Å². The fraction of sp³-hybridized carbons (Fsp3) is 0.250. The summed E-state index contributed by atoms with van der Waals surface area (Å²) < 4.78 is 26.9. The van der Waals surface area contributed by atoms with Crippen molar-refractivity contribution in [2.24, 2.45) is 0 Å². The highest BCUT2D eigenvalue weighted by Crippen LogP contribution is 2.38. The molecule has 0 heterocycles. The van der Waals surface area contributed by atoms with Crippen molar-refractivity contribution in [1.82, 2.24) is 0 Å². The van der Waals surface area contributed by atoms with Crippen molar-refractivity contribution < 1.29 is 13.9 Å². The number of benzene rings is 2. The molecule has 2 aromatic rings. The van der Waals surface area contributed by atoms with Gasteiger partial charge in [-0.1, -0.05) is 43.6 Å². The lowest BCUT2D eigenvalue weighted by atomic mass is 9.76. The van der Waals surface area contributed by atoms with Gasteiger partial charge in [0.2, 0.25) is 0 Å². The second kappa shape index (κ2) is 5.51. The number of rotatable bonds is 3. The maximum atomic E-state index is 13.9. The SMILES string of the molecule is CC(C)(c1ccc(F)cc1)C(O)c1ccc(Cl)cc1F. The van der Waals surface area contributed by atoms with Gasteiger partial charge in [0.15, 0.2) is 0 Å². The number of hydrogen-bond acceptors (Lipinski definition) is 1. The Kier molecular flexibility index (Phi) is 4.11. The van der Waals surface area contributed by atoms with Crippen LogP contribution in [0.5, 0.6) is 0 Å². The van der Waals surface area contributed by atoms with E-state index in [0.29, 0.717) is 0 Å². The van der Waals surface area contributed by atoms with E-state index in [-0.39, 0.29) is 16.4 Å². The summed E-state index contributed by atoms with van der Waals surface area (Å²) in [5.41, 5.74) is 0.131. The number of hydrogen-bond donors (Lipinski definition) is 1. The molecule has 0 bridgehead atoms. The van der Waals surface area contributed by atoms with Crippen LogP contribution in [0.25, 0.3) is 0 Å². The van der Waals surface area contributed by atoms with E-state index in [1.165, 1.54) is 30.3 Å². The van der Waals surface area contributed by atoms with Gasteiger partial charge >= 0.3 is 0 Å². The Bertz CT molecular complexity index is 608. The van der Waals surface area contributed by atoms with Crippen molar-refractivity contribution in [2.45, 2.75) is 25.4 Å². The van der Waals surface area contributed by atoms with E-state index in [4.69, 9.17) is 11.6 Å². The van der Waals surface area contributed by atoms with Crippen LogP contribution >= 0.6 is 11.6 Å². The lowest BCUT2D eigenvalue weighted by Crippen LogP contribution is -2.27. The molecule has 2 rings (SSSR count). The summed E-state index contributed by atoms with van der Waals surface area (Å²) in [5.74, 6) is -0.906. The standard InChI is InChI=1S/C16H15ClF2O/c1-16(2,10-3-6-12(18)7-4-10)15(20)13-8-5-11(17)9-14(13)19/h3-9,15,20H,1-2H3. The summed E-state index contributed by atoms with van der Waals surface area (Å²) in [6.45, 7) is 3.55. The fourth-order valence-electron chi connectivity index (χ4n) is 2.15. The average molecular weight is 297 g/mol. The molecule has 0 spiro atoms. The summed E-state index contributed by atoms with van der Waals surface area (Å²) in [5, 5.41) is 10.7. The lowest BCUT2D eigenvalue weighted by molar-refractivity contribution is 0.0965. The normalized spacial score (nSPS) is 13.3. The van der Waals surface area contributed by atoms with Gasteiger partial charge in [-0.25, -0.2) is 8.78 Å². The van der Waals surface area contributed by atoms with Crippen LogP contribution in [0.2, 0.25) is 5.02 Å². The van der Waals surface area contributed by atoms with E-state index in [1.807, 2.05) is 0 Å². The quantitative estimate of drug-likeness (QED) is 0.875. The number of halogens is 3. The van der Waals surface area contributed by atoms with Crippen molar-refractivity contribution in [3.8, 4) is 0 Å². The third-order valence-corrected chi connectivity index (χ3v) is 3.76. The average Bonchev–Trinajstić information content (AvgIpc) is 2.38. The molecule has 0 fully saturated rings. The molecule has 20 heavy (non-hydrogen) atoms. The highest BCUT2D eigenvalue weighted by molar-refractivity contribution is 6.30. The molecule has 0 radical (unpaired) electrons. The molecule has 2 aromatic carbocycles. The first-order valence-corrected chi connectivity index (χ1v) is 6.59. The minimum atomic E-state index is -1.06. The minimum Gasteiger partial charge on any atom is -0.387 e. The van der Waals surface area contributed by atoms with E-state index in [9.17, 15) is 13.9 Å². The van der Waals surface area contributed by atoms with Crippen molar-refractivity contribution >= 4 is 11.6 Å². The zero-order chi connectivity index (χ0) is 14.9. The molecular weight excluding hydrogens is 282 g/mol. The third-order valence-electron chi connectivity index (χ3n) is 3.53. The lowest BCUT2D eigenvalue weighted by Gasteiger charge is -2.31. The molecule has 1 atom stereocenters. The molecule has 1 nitrogen and oxygen atoms in total. The first kappa shape index (κ1) is 14.9. The van der Waals surface area contributed by atoms with Crippen molar-refractivity contribution in [3.63, 3.8) is 0 Å². The highest BCUT2D eigenvalue weighted by Gasteiger charge is 2.32. The number of aliphatic hydroxyl groups is 1. The Labute approximate surface area is 121 Å². The van der Waals surface area contributed by atoms with Gasteiger partial charge in [-0.3, -0.25) is 0 Å². The molecular formula is C16H15ClF2O. The van der Waals surface area contributed by atoms with E-state index in [2.05, 4.69) is 0 Å². The summed E-state index contributed by atoms with van der Waals surface area (Å²) in [6.07, 6.45) is -1.06. The molecule has 0 saturated heterocycles. The molecule has 0 aliphatic rings. The van der Waals surface area contributed by atoms with E-state index < -0.39 is 17.3 Å². The Morgan fingerprint density at radius 2 is 1.65 bits per heavy atom. The van der Waals surface area contributed by atoms with Gasteiger partial charge in [-0.15, -0.1) is 0 Å². The maximum absolute atomic E-state index is 13.9. The summed E-state index contributed by atoms with van der Waals surface area (Å²) in [7, 11) is 0. The van der Waals surface area contributed by atoms with E-state index >= 15 is 0 Å². The molecule has 0 aliphatic carbocycles. The molecule has 1 N–H and O–H groups in total. The largest absolute Gasteiger partial charge is 0.387 e. The van der Waals surface area contributed by atoms with E-state index in [1.54, 1.807) is 26.0 Å². The van der Waals surface area contributed by atoms with Crippen LogP contribution < -0.4 is 0 Å². The van der Waals surface area contributed by atoms with Gasteiger partial charge in [-0.2, -0.15) is 0 Å². The van der Waals surface area contributed by atoms with Crippen LogP contribution in [0.1, 0.15) is 31.1 Å². The molecule has 0 amide bonds. The summed E-state index contributed by atoms with van der Waals surface area (Å²) >= 11 is 5.71. The van der Waals surface area contributed by atoms with Gasteiger partial charge in [0.05, 0.1) is 6.10 Å². The van der Waals surface area contributed by atoms with Crippen LogP contribution in [-0.2, 0) is 5.41 Å². The van der Waals surface area contributed by atoms with Crippen molar-refractivity contribution in [3.05, 3.63) is 70.2 Å². The first-order chi connectivity index (χ1) is 9.32. The fourth-order valence-corrected chi connectivity index (χ4v) is 2.31. The Morgan fingerprint density at radius 3 is 2.20 bits per heavy atom. The smallest absolute Gasteiger partial charge is 0.130 e. The van der Waals surface area contributed by atoms with Gasteiger partial charge < -0.3 is 5.11 Å². The zero-order valence-electron chi connectivity index (χ0n) is 11.2. The molecule has 0 aromatic heterocycles. The van der Waals surface area contributed by atoms with Gasteiger partial charge in [0.1, 0.15) is 11.6 Å². The Balaban J connectivity index is 2.39. The van der Waals surface area contributed by atoms with Crippen LogP contribution in [0.3, 0.4) is 0 Å². The highest BCUT2D eigenvalue weighted by atomic mass is 35.5. The van der Waals surface area contributed by atoms with Crippen LogP contribution in [0.4, 0.5) is 8.78 Å². The monoisotopic (exact) mass is 296 g/mol. The van der Waals surface area contributed by atoms with Crippen LogP contribution in [-0.4, -0.2) is 5.11 Å². The zero-order valence-corrected chi connectivity index (χ0v) is 12.0. The Hall–Kier alpha value is -1.45. The molecule has 0 aliphatic heterocycles. The van der Waals surface area contributed by atoms with Crippen molar-refractivity contribution in [1.29, 1.82) is 0 Å². The topological polar surface area (TPSA) is 20.2 Å². The van der Waals surface area contributed by atoms with Gasteiger partial charge in [0, 0.05) is 16.0 Å². The summed E-state index contributed by atoms with van der Waals surface area (Å²) in [4.78, 5) is 0. The van der Waals surface area contributed by atoms with Gasteiger partial charge in [0.25, 0.3) is 0 Å². The second-order valence-corrected chi connectivity index (χ2v) is 5.73. The predicted molar refractivity (Wildman–Crippen MR) is 75.8 cm³/mol. The molecule has 1 unspecified atom stereocenters. The first-order valence-electron chi connectivity index (χ1n) is 6.21. The minimum absolute atomic E-state index is 0.170. The van der Waals surface area contributed by atoms with Crippen LogP contribution in [0, 0.1) is 11.6 Å². The van der Waals surface area contributed by atoms with Crippen molar-refractivity contribution in [2.75, 3.05) is 0 Å². The Morgan fingerprint density at radius 1 is 1.05 bits per heavy atom. The molecule has 0 saturated carbocycles. The maximum Gasteiger partial charge on any atom is 0.130 e. The third kappa shape index (κ3) is 2.84. The molecule has 106 valence electrons. The predicted octanol–water partition coefficient (Wildman–Crippen LogP) is 4.63. The second-order valence-electron chi connectivity index (χ2n) is 5.30. The number of aliphatic hydroxyl groups excluding tert-OH is 1. The molecule has 4 heteroatoms.